The summed E-state index contributed by atoms with van der Waals surface area (Å²) in [6.07, 6.45) is 4.57. The van der Waals surface area contributed by atoms with E-state index >= 15 is 0 Å². The number of ketones is 1. The van der Waals surface area contributed by atoms with Gasteiger partial charge in [-0.1, -0.05) is 26.8 Å². The van der Waals surface area contributed by atoms with Crippen LogP contribution in [0.4, 0.5) is 0 Å². The molecule has 16 heavy (non-hydrogen) atoms. The van der Waals surface area contributed by atoms with Crippen LogP contribution < -0.4 is 0 Å². The van der Waals surface area contributed by atoms with Gasteiger partial charge in [-0.15, -0.1) is 6.58 Å². The number of ether oxygens (including phenoxy) is 1. The highest BCUT2D eigenvalue weighted by Gasteiger charge is 2.72. The molecule has 0 saturated heterocycles. The van der Waals surface area contributed by atoms with Gasteiger partial charge in [0.2, 0.25) is 0 Å². The second-order valence-corrected chi connectivity index (χ2v) is 6.06. The molecule has 2 saturated carbocycles. The molecule has 0 aromatic rings. The van der Waals surface area contributed by atoms with Gasteiger partial charge in [0.25, 0.3) is 0 Å². The molecule has 3 unspecified atom stereocenters. The van der Waals surface area contributed by atoms with Crippen molar-refractivity contribution in [1.29, 1.82) is 0 Å². The van der Waals surface area contributed by atoms with Crippen molar-refractivity contribution in [2.24, 2.45) is 16.7 Å². The van der Waals surface area contributed by atoms with Crippen molar-refractivity contribution < 1.29 is 9.53 Å². The molecule has 2 aliphatic carbocycles. The van der Waals surface area contributed by atoms with E-state index in [0.717, 1.165) is 12.8 Å². The molecule has 0 aromatic carbocycles. The minimum atomic E-state index is -0.599. The number of carbonyl (C=O) groups excluding carboxylic acids is 1. The van der Waals surface area contributed by atoms with Gasteiger partial charge in [-0.2, -0.15) is 0 Å². The van der Waals surface area contributed by atoms with E-state index in [9.17, 15) is 4.79 Å². The third-order valence-electron chi connectivity index (χ3n) is 5.49. The van der Waals surface area contributed by atoms with Crippen LogP contribution in [-0.2, 0) is 9.53 Å². The number of hydrogen-bond donors (Lipinski definition) is 0. The van der Waals surface area contributed by atoms with Crippen molar-refractivity contribution in [3.05, 3.63) is 12.7 Å². The topological polar surface area (TPSA) is 26.3 Å². The molecule has 0 heterocycles. The Labute approximate surface area is 98.1 Å². The molecule has 2 fully saturated rings. The van der Waals surface area contributed by atoms with Gasteiger partial charge in [0.05, 0.1) is 0 Å². The lowest BCUT2D eigenvalue weighted by atomic mass is 9.70. The maximum atomic E-state index is 12.7. The fourth-order valence-corrected chi connectivity index (χ4v) is 4.12. The maximum absolute atomic E-state index is 12.7. The van der Waals surface area contributed by atoms with Crippen molar-refractivity contribution in [2.75, 3.05) is 7.11 Å². The van der Waals surface area contributed by atoms with E-state index in [-0.39, 0.29) is 10.8 Å². The van der Waals surface area contributed by atoms with Crippen molar-refractivity contribution in [2.45, 2.75) is 45.6 Å². The number of rotatable bonds is 3. The molecule has 2 nitrogen and oxygen atoms in total. The fourth-order valence-electron chi connectivity index (χ4n) is 4.12. The lowest BCUT2D eigenvalue weighted by Gasteiger charge is -2.36. The monoisotopic (exact) mass is 222 g/mol. The van der Waals surface area contributed by atoms with Gasteiger partial charge in [-0.05, 0) is 18.3 Å². The molecule has 2 heteroatoms. The molecule has 0 amide bonds. The van der Waals surface area contributed by atoms with Gasteiger partial charge in [0.1, 0.15) is 5.60 Å². The van der Waals surface area contributed by atoms with Crippen LogP contribution in [0.5, 0.6) is 0 Å². The van der Waals surface area contributed by atoms with Crippen molar-refractivity contribution in [1.82, 2.24) is 0 Å². The van der Waals surface area contributed by atoms with Crippen molar-refractivity contribution in [3.8, 4) is 0 Å². The standard InChI is InChI=1S/C14H22O2/c1-6-8-14(16-5)10-7-9-13(4,11(14)15)12(10,2)3/h6,10H,1,7-9H2,2-5H3. The molecular weight excluding hydrogens is 200 g/mol. The van der Waals surface area contributed by atoms with Crippen LogP contribution in [0.3, 0.4) is 0 Å². The first kappa shape index (κ1) is 11.8. The lowest BCUT2D eigenvalue weighted by Crippen LogP contribution is -2.47. The number of carbonyl (C=O) groups is 1. The van der Waals surface area contributed by atoms with E-state index in [1.807, 2.05) is 6.08 Å². The van der Waals surface area contributed by atoms with Gasteiger partial charge < -0.3 is 4.74 Å². The molecule has 0 N–H and O–H groups in total. The Morgan fingerprint density at radius 2 is 2.12 bits per heavy atom. The van der Waals surface area contributed by atoms with Crippen molar-refractivity contribution >= 4 is 5.78 Å². The Balaban J connectivity index is 2.53. The average molecular weight is 222 g/mol. The zero-order valence-corrected chi connectivity index (χ0v) is 10.8. The van der Waals surface area contributed by atoms with E-state index in [1.165, 1.54) is 0 Å². The molecule has 0 radical (unpaired) electrons. The minimum absolute atomic E-state index is 0.0447. The first-order valence-electron chi connectivity index (χ1n) is 6.08. The van der Waals surface area contributed by atoms with Gasteiger partial charge in [0, 0.05) is 24.9 Å². The smallest absolute Gasteiger partial charge is 0.171 e. The third kappa shape index (κ3) is 0.994. The number of methoxy groups -OCH3 is 1. The van der Waals surface area contributed by atoms with Crippen molar-refractivity contribution in [3.63, 3.8) is 0 Å². The quantitative estimate of drug-likeness (QED) is 0.686. The van der Waals surface area contributed by atoms with Gasteiger partial charge in [0.15, 0.2) is 5.78 Å². The molecule has 0 aliphatic heterocycles. The molecule has 0 aromatic heterocycles. The number of fused-ring (bicyclic) bond motifs is 2. The average Bonchev–Trinajstić information content (AvgIpc) is 2.53. The summed E-state index contributed by atoms with van der Waals surface area (Å²) in [4.78, 5) is 12.7. The van der Waals surface area contributed by atoms with Crippen LogP contribution in [0.1, 0.15) is 40.0 Å². The molecule has 3 atom stereocenters. The van der Waals surface area contributed by atoms with Gasteiger partial charge in [-0.25, -0.2) is 0 Å². The lowest BCUT2D eigenvalue weighted by molar-refractivity contribution is -0.150. The zero-order chi connectivity index (χ0) is 12.2. The highest BCUT2D eigenvalue weighted by Crippen LogP contribution is 2.68. The Hall–Kier alpha value is -0.630. The summed E-state index contributed by atoms with van der Waals surface area (Å²) in [5.74, 6) is 0.629. The summed E-state index contributed by atoms with van der Waals surface area (Å²) in [6.45, 7) is 10.3. The minimum Gasteiger partial charge on any atom is -0.370 e. The van der Waals surface area contributed by atoms with Crippen LogP contribution in [0.15, 0.2) is 12.7 Å². The summed E-state index contributed by atoms with van der Waals surface area (Å²) in [7, 11) is 1.67. The normalized spacial score (nSPS) is 45.0. The van der Waals surface area contributed by atoms with Gasteiger partial charge >= 0.3 is 0 Å². The molecule has 2 bridgehead atoms. The van der Waals surface area contributed by atoms with Crippen LogP contribution >= 0.6 is 0 Å². The largest absolute Gasteiger partial charge is 0.370 e. The summed E-state index contributed by atoms with van der Waals surface area (Å²) < 4.78 is 5.67. The summed E-state index contributed by atoms with van der Waals surface area (Å²) in [6, 6.07) is 0. The first-order valence-corrected chi connectivity index (χ1v) is 6.08. The Bertz CT molecular complexity index is 345. The Kier molecular flexibility index (Phi) is 2.36. The van der Waals surface area contributed by atoms with E-state index in [0.29, 0.717) is 18.1 Å². The molecule has 2 aliphatic rings. The predicted molar refractivity (Wildman–Crippen MR) is 64.2 cm³/mol. The summed E-state index contributed by atoms with van der Waals surface area (Å²) >= 11 is 0. The highest BCUT2D eigenvalue weighted by molar-refractivity contribution is 5.97. The maximum Gasteiger partial charge on any atom is 0.171 e. The highest BCUT2D eigenvalue weighted by atomic mass is 16.5. The molecule has 0 spiro atoms. The van der Waals surface area contributed by atoms with Gasteiger partial charge in [-0.3, -0.25) is 4.79 Å². The first-order chi connectivity index (χ1) is 7.37. The van der Waals surface area contributed by atoms with E-state index in [4.69, 9.17) is 4.74 Å². The SMILES string of the molecule is C=CCC1(OC)C(=O)C2(C)CCC1C2(C)C. The van der Waals surface area contributed by atoms with Crippen LogP contribution in [-0.4, -0.2) is 18.5 Å². The summed E-state index contributed by atoms with van der Waals surface area (Å²) in [5.41, 5.74) is -0.766. The molecule has 90 valence electrons. The Morgan fingerprint density at radius 3 is 2.50 bits per heavy atom. The third-order valence-corrected chi connectivity index (χ3v) is 5.49. The Morgan fingerprint density at radius 1 is 1.50 bits per heavy atom. The van der Waals surface area contributed by atoms with E-state index < -0.39 is 5.60 Å². The van der Waals surface area contributed by atoms with Crippen LogP contribution in [0, 0.1) is 16.7 Å². The van der Waals surface area contributed by atoms with E-state index in [2.05, 4.69) is 27.4 Å². The second-order valence-electron chi connectivity index (χ2n) is 6.06. The molecule has 2 rings (SSSR count). The fraction of sp³-hybridized carbons (Fsp3) is 0.786. The van der Waals surface area contributed by atoms with Crippen LogP contribution in [0.25, 0.3) is 0 Å². The molecular formula is C14H22O2. The zero-order valence-electron chi connectivity index (χ0n) is 10.8. The number of hydrogen-bond acceptors (Lipinski definition) is 2. The second kappa shape index (κ2) is 3.19. The predicted octanol–water partition coefficient (Wildman–Crippen LogP) is 2.97. The van der Waals surface area contributed by atoms with Crippen LogP contribution in [0.2, 0.25) is 0 Å². The number of Topliss-reactive ketones (excluding diaryl/α,β-unsaturated/α-hetero) is 1. The summed E-state index contributed by atoms with van der Waals surface area (Å²) in [5, 5.41) is 0. The van der Waals surface area contributed by atoms with E-state index in [1.54, 1.807) is 7.11 Å².